The van der Waals surface area contributed by atoms with E-state index in [0.717, 1.165) is 0 Å². The van der Waals surface area contributed by atoms with Crippen molar-refractivity contribution in [2.75, 3.05) is 41.3 Å². The number of aromatic nitrogens is 3. The van der Waals surface area contributed by atoms with Crippen LogP contribution in [-0.4, -0.2) is 66.3 Å². The van der Waals surface area contributed by atoms with Crippen LogP contribution in [0.25, 0.3) is 0 Å². The molecule has 15 heteroatoms. The zero-order valence-corrected chi connectivity index (χ0v) is 16.0. The molecule has 13 nitrogen and oxygen atoms in total. The molecule has 0 atom stereocenters. The minimum absolute atomic E-state index is 0.00612. The van der Waals surface area contributed by atoms with Gasteiger partial charge in [-0.05, 0) is 18.2 Å². The van der Waals surface area contributed by atoms with Crippen LogP contribution in [0, 0.1) is 0 Å². The SMILES string of the molecule is NCCNc1nc(NCCS(=O)(=O)O)nc(Nc2cccc(S(=O)(=O)O)c2)n1. The maximum Gasteiger partial charge on any atom is 0.294 e. The number of benzene rings is 1. The van der Waals surface area contributed by atoms with Crippen LogP contribution in [0.3, 0.4) is 0 Å². The lowest BCUT2D eigenvalue weighted by molar-refractivity contribution is 0.481. The largest absolute Gasteiger partial charge is 0.353 e. The molecule has 7 N–H and O–H groups in total. The van der Waals surface area contributed by atoms with Gasteiger partial charge in [0, 0.05) is 25.3 Å². The topological polar surface area (TPSA) is 210 Å². The van der Waals surface area contributed by atoms with Crippen LogP contribution in [-0.2, 0) is 20.2 Å². The standard InChI is InChI=1S/C13H19N7O6S2/c14-4-5-15-11-18-12(16-6-7-27(21,22)23)20-13(19-11)17-9-2-1-3-10(8-9)28(24,25)26/h1-3,8H,4-7,14H2,(H,21,22,23)(H,24,25,26)(H3,15,16,17,18,19,20). The predicted octanol–water partition coefficient (Wildman–Crippen LogP) is -0.468. The van der Waals surface area contributed by atoms with Gasteiger partial charge in [0.05, 0.1) is 10.6 Å². The van der Waals surface area contributed by atoms with Crippen LogP contribution in [0.1, 0.15) is 0 Å². The fourth-order valence-electron chi connectivity index (χ4n) is 1.93. The van der Waals surface area contributed by atoms with Crippen molar-refractivity contribution in [3.63, 3.8) is 0 Å². The minimum Gasteiger partial charge on any atom is -0.353 e. The van der Waals surface area contributed by atoms with Crippen molar-refractivity contribution in [3.8, 4) is 0 Å². The summed E-state index contributed by atoms with van der Waals surface area (Å²) >= 11 is 0. The van der Waals surface area contributed by atoms with E-state index in [9.17, 15) is 16.8 Å². The van der Waals surface area contributed by atoms with E-state index in [1.54, 1.807) is 0 Å². The first-order valence-electron chi connectivity index (χ1n) is 7.80. The first-order chi connectivity index (χ1) is 13.1. The molecule has 1 aromatic heterocycles. The lowest BCUT2D eigenvalue weighted by atomic mass is 10.3. The lowest BCUT2D eigenvalue weighted by Gasteiger charge is -2.11. The number of nitrogens with zero attached hydrogens (tertiary/aromatic N) is 3. The molecule has 0 amide bonds. The first-order valence-corrected chi connectivity index (χ1v) is 10.9. The Balaban J connectivity index is 2.25. The number of nitrogens with one attached hydrogen (secondary N) is 3. The highest BCUT2D eigenvalue weighted by atomic mass is 32.2. The van der Waals surface area contributed by atoms with Crippen molar-refractivity contribution in [1.29, 1.82) is 0 Å². The van der Waals surface area contributed by atoms with E-state index in [1.807, 2.05) is 0 Å². The van der Waals surface area contributed by atoms with Gasteiger partial charge in [0.15, 0.2) is 0 Å². The highest BCUT2D eigenvalue weighted by Crippen LogP contribution is 2.19. The maximum absolute atomic E-state index is 11.2. The molecule has 0 aliphatic heterocycles. The Kier molecular flexibility index (Phi) is 7.03. The van der Waals surface area contributed by atoms with Gasteiger partial charge in [-0.3, -0.25) is 9.11 Å². The Bertz CT molecular complexity index is 1030. The van der Waals surface area contributed by atoms with Gasteiger partial charge in [-0.15, -0.1) is 0 Å². The second kappa shape index (κ2) is 9.07. The van der Waals surface area contributed by atoms with Crippen LogP contribution in [0.15, 0.2) is 29.2 Å². The number of anilines is 4. The quantitative estimate of drug-likeness (QED) is 0.262. The van der Waals surface area contributed by atoms with E-state index >= 15 is 0 Å². The number of hydrogen-bond acceptors (Lipinski definition) is 11. The van der Waals surface area contributed by atoms with Gasteiger partial charge < -0.3 is 21.7 Å². The number of nitrogens with two attached hydrogens (primary N) is 1. The molecule has 154 valence electrons. The fraction of sp³-hybridized carbons (Fsp3) is 0.308. The molecule has 2 rings (SSSR count). The average Bonchev–Trinajstić information content (AvgIpc) is 2.58. The normalized spacial score (nSPS) is 11.8. The molecule has 0 bridgehead atoms. The van der Waals surface area contributed by atoms with Crippen molar-refractivity contribution >= 4 is 43.8 Å². The Morgan fingerprint density at radius 3 is 2.11 bits per heavy atom. The number of hydrogen-bond donors (Lipinski definition) is 6. The molecule has 0 aliphatic carbocycles. The molecular weight excluding hydrogens is 414 g/mol. The number of rotatable bonds is 10. The Morgan fingerprint density at radius 1 is 0.929 bits per heavy atom. The van der Waals surface area contributed by atoms with Crippen molar-refractivity contribution in [2.24, 2.45) is 5.73 Å². The van der Waals surface area contributed by atoms with E-state index in [-0.39, 0.29) is 35.0 Å². The van der Waals surface area contributed by atoms with Crippen molar-refractivity contribution < 1.29 is 25.9 Å². The van der Waals surface area contributed by atoms with Crippen LogP contribution in [0.5, 0.6) is 0 Å². The maximum atomic E-state index is 11.2. The van der Waals surface area contributed by atoms with Gasteiger partial charge in [-0.25, -0.2) is 0 Å². The van der Waals surface area contributed by atoms with Crippen LogP contribution >= 0.6 is 0 Å². The summed E-state index contributed by atoms with van der Waals surface area (Å²) in [6.07, 6.45) is 0. The molecule has 0 radical (unpaired) electrons. The second-order valence-corrected chi connectivity index (χ2v) is 8.36. The molecule has 28 heavy (non-hydrogen) atoms. The zero-order valence-electron chi connectivity index (χ0n) is 14.4. The summed E-state index contributed by atoms with van der Waals surface area (Å²) in [7, 11) is -8.54. The van der Waals surface area contributed by atoms with Crippen molar-refractivity contribution in [1.82, 2.24) is 15.0 Å². The second-order valence-electron chi connectivity index (χ2n) is 5.36. The molecule has 2 aromatic rings. The van der Waals surface area contributed by atoms with Crippen molar-refractivity contribution in [2.45, 2.75) is 4.90 Å². The Hall–Kier alpha value is -2.59. The monoisotopic (exact) mass is 433 g/mol. The lowest BCUT2D eigenvalue weighted by Crippen LogP contribution is -2.19. The third-order valence-corrected chi connectivity index (χ3v) is 4.66. The fourth-order valence-corrected chi connectivity index (χ4v) is 2.82. The summed E-state index contributed by atoms with van der Waals surface area (Å²) in [4.78, 5) is 11.9. The van der Waals surface area contributed by atoms with E-state index in [2.05, 4.69) is 30.9 Å². The van der Waals surface area contributed by atoms with Gasteiger partial charge in [0.25, 0.3) is 20.2 Å². The van der Waals surface area contributed by atoms with Gasteiger partial charge in [-0.2, -0.15) is 31.8 Å². The molecule has 0 unspecified atom stereocenters. The molecule has 0 fully saturated rings. The summed E-state index contributed by atoms with van der Waals surface area (Å²) in [6.45, 7) is 0.499. The van der Waals surface area contributed by atoms with Gasteiger partial charge >= 0.3 is 0 Å². The summed E-state index contributed by atoms with van der Waals surface area (Å²) in [5.74, 6) is -0.408. The molecule has 0 saturated carbocycles. The molecular formula is C13H19N7O6S2. The Morgan fingerprint density at radius 2 is 1.54 bits per heavy atom. The van der Waals surface area contributed by atoms with E-state index in [1.165, 1.54) is 24.3 Å². The van der Waals surface area contributed by atoms with Crippen molar-refractivity contribution in [3.05, 3.63) is 24.3 Å². The molecule has 1 heterocycles. The first kappa shape index (κ1) is 21.7. The van der Waals surface area contributed by atoms with Gasteiger partial charge in [0.1, 0.15) is 0 Å². The van der Waals surface area contributed by atoms with E-state index < -0.39 is 26.0 Å². The average molecular weight is 433 g/mol. The summed E-state index contributed by atoms with van der Waals surface area (Å²) in [5.41, 5.74) is 5.69. The Labute approximate surface area is 161 Å². The third kappa shape index (κ3) is 7.20. The molecule has 0 aliphatic rings. The van der Waals surface area contributed by atoms with E-state index in [0.29, 0.717) is 13.1 Å². The highest BCUT2D eigenvalue weighted by Gasteiger charge is 2.12. The predicted molar refractivity (Wildman–Crippen MR) is 102 cm³/mol. The smallest absolute Gasteiger partial charge is 0.294 e. The van der Waals surface area contributed by atoms with Crippen LogP contribution in [0.4, 0.5) is 23.5 Å². The summed E-state index contributed by atoms with van der Waals surface area (Å²) in [5, 5.41) is 8.23. The third-order valence-electron chi connectivity index (χ3n) is 3.09. The molecule has 0 saturated heterocycles. The van der Waals surface area contributed by atoms with E-state index in [4.69, 9.17) is 14.8 Å². The van der Waals surface area contributed by atoms with Crippen LogP contribution < -0.4 is 21.7 Å². The minimum atomic E-state index is -4.38. The summed E-state index contributed by atoms with van der Waals surface area (Å²) in [6, 6.07) is 5.32. The van der Waals surface area contributed by atoms with Gasteiger partial charge in [-0.1, -0.05) is 6.07 Å². The van der Waals surface area contributed by atoms with Gasteiger partial charge in [0.2, 0.25) is 17.8 Å². The van der Waals surface area contributed by atoms with Crippen LogP contribution in [0.2, 0.25) is 0 Å². The zero-order chi connectivity index (χ0) is 20.8. The molecule has 1 aromatic carbocycles. The molecule has 0 spiro atoms. The summed E-state index contributed by atoms with van der Waals surface area (Å²) < 4.78 is 62.0. The highest BCUT2D eigenvalue weighted by molar-refractivity contribution is 7.86.